The molecular formula is C14H24N2O5. The Labute approximate surface area is 124 Å². The molecular weight excluding hydrogens is 276 g/mol. The fourth-order valence-corrected chi connectivity index (χ4v) is 2.25. The average molecular weight is 300 g/mol. The number of ether oxygens (including phenoxy) is 1. The minimum Gasteiger partial charge on any atom is -0.481 e. The lowest BCUT2D eigenvalue weighted by Crippen LogP contribution is -2.49. The van der Waals surface area contributed by atoms with E-state index in [0.29, 0.717) is 32.5 Å². The summed E-state index contributed by atoms with van der Waals surface area (Å²) >= 11 is 0. The zero-order valence-electron chi connectivity index (χ0n) is 12.5. The van der Waals surface area contributed by atoms with Gasteiger partial charge in [0.2, 0.25) is 11.8 Å². The number of carboxylic acid groups (broad SMARTS) is 1. The average Bonchev–Trinajstić information content (AvgIpc) is 2.45. The summed E-state index contributed by atoms with van der Waals surface area (Å²) in [7, 11) is 0. The molecule has 0 aromatic carbocycles. The van der Waals surface area contributed by atoms with Gasteiger partial charge in [0.1, 0.15) is 0 Å². The third-order valence-electron chi connectivity index (χ3n) is 3.32. The number of nitrogens with one attached hydrogen (secondary N) is 1. The van der Waals surface area contributed by atoms with Crippen LogP contribution in [0.15, 0.2) is 0 Å². The van der Waals surface area contributed by atoms with Crippen LogP contribution in [0.2, 0.25) is 0 Å². The van der Waals surface area contributed by atoms with Gasteiger partial charge in [-0.1, -0.05) is 6.92 Å². The summed E-state index contributed by atoms with van der Waals surface area (Å²) in [5, 5.41) is 11.6. The van der Waals surface area contributed by atoms with Crippen LogP contribution in [0.4, 0.5) is 0 Å². The van der Waals surface area contributed by atoms with E-state index < -0.39 is 12.0 Å². The molecule has 1 heterocycles. The number of rotatable bonds is 8. The minimum atomic E-state index is -0.942. The quantitative estimate of drug-likeness (QED) is 0.676. The second-order valence-electron chi connectivity index (χ2n) is 5.12. The van der Waals surface area contributed by atoms with Crippen LogP contribution in [0, 0.1) is 0 Å². The first-order valence-corrected chi connectivity index (χ1v) is 7.40. The van der Waals surface area contributed by atoms with Crippen molar-refractivity contribution in [1.29, 1.82) is 0 Å². The Balaban J connectivity index is 2.34. The molecule has 2 amide bonds. The van der Waals surface area contributed by atoms with Crippen molar-refractivity contribution in [1.82, 2.24) is 10.2 Å². The van der Waals surface area contributed by atoms with E-state index in [9.17, 15) is 14.4 Å². The number of nitrogens with zero attached hydrogens (tertiary/aromatic N) is 1. The summed E-state index contributed by atoms with van der Waals surface area (Å²) in [6, 6.07) is -0.405. The van der Waals surface area contributed by atoms with Crippen molar-refractivity contribution < 1.29 is 24.2 Å². The molecule has 2 N–H and O–H groups in total. The van der Waals surface area contributed by atoms with Crippen molar-refractivity contribution in [3.05, 3.63) is 0 Å². The van der Waals surface area contributed by atoms with Crippen LogP contribution < -0.4 is 5.32 Å². The lowest BCUT2D eigenvalue weighted by atomic mass is 10.1. The van der Waals surface area contributed by atoms with Crippen LogP contribution in [0.25, 0.3) is 0 Å². The van der Waals surface area contributed by atoms with Gasteiger partial charge in [-0.05, 0) is 12.8 Å². The van der Waals surface area contributed by atoms with E-state index in [1.54, 1.807) is 4.90 Å². The molecule has 1 fully saturated rings. The number of carbonyl (C=O) groups excluding carboxylic acids is 2. The molecule has 0 bridgehead atoms. The van der Waals surface area contributed by atoms with E-state index in [1.807, 2.05) is 6.92 Å². The predicted molar refractivity (Wildman–Crippen MR) is 75.7 cm³/mol. The van der Waals surface area contributed by atoms with E-state index in [-0.39, 0.29) is 31.3 Å². The first-order chi connectivity index (χ1) is 10.0. The summed E-state index contributed by atoms with van der Waals surface area (Å²) in [6.45, 7) is 3.73. The lowest BCUT2D eigenvalue weighted by molar-refractivity contribution is -0.146. The maximum Gasteiger partial charge on any atom is 0.305 e. The van der Waals surface area contributed by atoms with Crippen LogP contribution in [0.1, 0.15) is 39.0 Å². The zero-order chi connectivity index (χ0) is 15.7. The third-order valence-corrected chi connectivity index (χ3v) is 3.32. The predicted octanol–water partition coefficient (Wildman–Crippen LogP) is 0.385. The molecule has 7 nitrogen and oxygen atoms in total. The van der Waals surface area contributed by atoms with Gasteiger partial charge in [-0.3, -0.25) is 14.4 Å². The number of aliphatic carboxylic acids is 1. The SMILES string of the molecule is CCCNC(=O)CCCC(=O)N1CCOCC1CC(=O)O. The monoisotopic (exact) mass is 300 g/mol. The second kappa shape index (κ2) is 9.33. The van der Waals surface area contributed by atoms with Gasteiger partial charge in [0.25, 0.3) is 0 Å². The molecule has 1 unspecified atom stereocenters. The van der Waals surface area contributed by atoms with Gasteiger partial charge in [-0.2, -0.15) is 0 Å². The highest BCUT2D eigenvalue weighted by Crippen LogP contribution is 2.13. The van der Waals surface area contributed by atoms with E-state index in [2.05, 4.69) is 5.32 Å². The largest absolute Gasteiger partial charge is 0.481 e. The van der Waals surface area contributed by atoms with Gasteiger partial charge in [0.15, 0.2) is 0 Å². The highest BCUT2D eigenvalue weighted by molar-refractivity contribution is 5.79. The Morgan fingerprint density at radius 2 is 2.10 bits per heavy atom. The highest BCUT2D eigenvalue weighted by Gasteiger charge is 2.28. The van der Waals surface area contributed by atoms with Crippen LogP contribution in [-0.4, -0.2) is 60.1 Å². The number of carboxylic acids is 1. The Morgan fingerprint density at radius 1 is 1.33 bits per heavy atom. The van der Waals surface area contributed by atoms with E-state index in [0.717, 1.165) is 6.42 Å². The number of carbonyl (C=O) groups is 3. The molecule has 1 saturated heterocycles. The molecule has 1 rings (SSSR count). The van der Waals surface area contributed by atoms with E-state index in [1.165, 1.54) is 0 Å². The lowest BCUT2D eigenvalue weighted by Gasteiger charge is -2.34. The van der Waals surface area contributed by atoms with Crippen molar-refractivity contribution in [3.63, 3.8) is 0 Å². The minimum absolute atomic E-state index is 0.0475. The number of hydrogen-bond donors (Lipinski definition) is 2. The molecule has 0 aliphatic carbocycles. The highest BCUT2D eigenvalue weighted by atomic mass is 16.5. The molecule has 1 atom stereocenters. The summed E-state index contributed by atoms with van der Waals surface area (Å²) < 4.78 is 5.23. The zero-order valence-corrected chi connectivity index (χ0v) is 12.5. The van der Waals surface area contributed by atoms with Crippen molar-refractivity contribution in [3.8, 4) is 0 Å². The van der Waals surface area contributed by atoms with Crippen molar-refractivity contribution in [2.75, 3.05) is 26.3 Å². The van der Waals surface area contributed by atoms with Crippen LogP contribution in [0.3, 0.4) is 0 Å². The van der Waals surface area contributed by atoms with Crippen molar-refractivity contribution in [2.24, 2.45) is 0 Å². The molecule has 0 aromatic rings. The van der Waals surface area contributed by atoms with Crippen LogP contribution in [0.5, 0.6) is 0 Å². The molecule has 120 valence electrons. The molecule has 0 radical (unpaired) electrons. The Morgan fingerprint density at radius 3 is 2.76 bits per heavy atom. The summed E-state index contributed by atoms with van der Waals surface area (Å²) in [5.41, 5.74) is 0. The molecule has 0 spiro atoms. The van der Waals surface area contributed by atoms with Gasteiger partial charge in [-0.15, -0.1) is 0 Å². The topological polar surface area (TPSA) is 95.9 Å². The third kappa shape index (κ3) is 6.57. The number of amides is 2. The Hall–Kier alpha value is -1.63. The van der Waals surface area contributed by atoms with Crippen molar-refractivity contribution >= 4 is 17.8 Å². The first-order valence-electron chi connectivity index (χ1n) is 7.40. The van der Waals surface area contributed by atoms with E-state index >= 15 is 0 Å². The van der Waals surface area contributed by atoms with Crippen LogP contribution in [-0.2, 0) is 19.1 Å². The van der Waals surface area contributed by atoms with Crippen LogP contribution >= 0.6 is 0 Å². The fourth-order valence-electron chi connectivity index (χ4n) is 2.25. The Kier molecular flexibility index (Phi) is 7.74. The van der Waals surface area contributed by atoms with Gasteiger partial charge >= 0.3 is 5.97 Å². The normalized spacial score (nSPS) is 18.3. The molecule has 0 saturated carbocycles. The van der Waals surface area contributed by atoms with E-state index in [4.69, 9.17) is 9.84 Å². The van der Waals surface area contributed by atoms with Gasteiger partial charge in [0.05, 0.1) is 25.7 Å². The van der Waals surface area contributed by atoms with Crippen molar-refractivity contribution in [2.45, 2.75) is 45.1 Å². The summed E-state index contributed by atoms with van der Waals surface area (Å²) in [6.07, 6.45) is 1.83. The second-order valence-corrected chi connectivity index (χ2v) is 5.12. The maximum absolute atomic E-state index is 12.1. The van der Waals surface area contributed by atoms with Gasteiger partial charge < -0.3 is 20.1 Å². The molecule has 0 aromatic heterocycles. The number of hydrogen-bond acceptors (Lipinski definition) is 4. The Bertz CT molecular complexity index is 372. The maximum atomic E-state index is 12.1. The van der Waals surface area contributed by atoms with Gasteiger partial charge in [0, 0.05) is 25.9 Å². The first kappa shape index (κ1) is 17.4. The number of morpholine rings is 1. The smallest absolute Gasteiger partial charge is 0.305 e. The summed E-state index contributed by atoms with van der Waals surface area (Å²) in [4.78, 5) is 35.9. The fraction of sp³-hybridized carbons (Fsp3) is 0.786. The van der Waals surface area contributed by atoms with Gasteiger partial charge in [-0.25, -0.2) is 0 Å². The summed E-state index contributed by atoms with van der Waals surface area (Å²) in [5.74, 6) is -1.09. The molecule has 1 aliphatic rings. The molecule has 7 heteroatoms. The standard InChI is InChI=1S/C14H24N2O5/c1-2-6-15-12(17)4-3-5-13(18)16-7-8-21-10-11(16)9-14(19)20/h11H,2-10H2,1H3,(H,15,17)(H,19,20). The molecule has 1 aliphatic heterocycles. The molecule has 21 heavy (non-hydrogen) atoms.